The highest BCUT2D eigenvalue weighted by molar-refractivity contribution is 6.10. The molecule has 9 heavy (non-hydrogen) atoms. The Labute approximate surface area is 58.9 Å². The van der Waals surface area contributed by atoms with E-state index in [-0.39, 0.29) is 5.54 Å². The lowest BCUT2D eigenvalue weighted by atomic mass is 10.0. The first kappa shape index (κ1) is 8.60. The lowest BCUT2D eigenvalue weighted by molar-refractivity contribution is 0.474. The van der Waals surface area contributed by atoms with Gasteiger partial charge in [0, 0.05) is 5.54 Å². The van der Waals surface area contributed by atoms with Crippen LogP contribution in [0.4, 0.5) is 0 Å². The van der Waals surface area contributed by atoms with Crippen LogP contribution in [-0.4, -0.2) is 13.4 Å². The van der Waals surface area contributed by atoms with Crippen LogP contribution in [0.15, 0.2) is 12.3 Å². The smallest absolute Gasteiger partial charge is 0.0736 e. The van der Waals surface area contributed by atoms with Crippen molar-refractivity contribution < 1.29 is 0 Å². The average molecular weight is 123 g/mol. The van der Waals surface area contributed by atoms with Crippen LogP contribution in [0, 0.1) is 0 Å². The van der Waals surface area contributed by atoms with Gasteiger partial charge in [-0.1, -0.05) is 12.9 Å². The fraction of sp³-hybridized carbons (Fsp3) is 0.714. The molecule has 2 heteroatoms. The van der Waals surface area contributed by atoms with Crippen LogP contribution < -0.4 is 5.32 Å². The van der Waals surface area contributed by atoms with E-state index in [1.807, 2.05) is 0 Å². The largest absolute Gasteiger partial charge is 0.385 e. The van der Waals surface area contributed by atoms with E-state index >= 15 is 0 Å². The summed E-state index contributed by atoms with van der Waals surface area (Å²) < 4.78 is 0. The van der Waals surface area contributed by atoms with Crippen molar-refractivity contribution in [1.82, 2.24) is 5.32 Å². The van der Waals surface area contributed by atoms with Crippen molar-refractivity contribution in [3.05, 3.63) is 12.3 Å². The molecule has 0 rings (SSSR count). The van der Waals surface area contributed by atoms with E-state index in [4.69, 9.17) is 7.85 Å². The minimum atomic E-state index is 0.0937. The predicted octanol–water partition coefficient (Wildman–Crippen LogP) is 1.47. The van der Waals surface area contributed by atoms with Crippen molar-refractivity contribution in [2.45, 2.75) is 32.6 Å². The summed E-state index contributed by atoms with van der Waals surface area (Å²) in [5.41, 5.74) is 0.985. The number of rotatable bonds is 2. The SMILES string of the molecule is [B]CC(=C)NC(C)(C)C. The fourth-order valence-corrected chi connectivity index (χ4v) is 0.581. The van der Waals surface area contributed by atoms with Gasteiger partial charge in [0.1, 0.15) is 0 Å². The molecule has 2 radical (unpaired) electrons. The Balaban J connectivity index is 3.60. The Bertz CT molecular complexity index is 102. The maximum Gasteiger partial charge on any atom is 0.0736 e. The van der Waals surface area contributed by atoms with Gasteiger partial charge < -0.3 is 5.32 Å². The lowest BCUT2D eigenvalue weighted by Gasteiger charge is -2.22. The molecular weight excluding hydrogens is 109 g/mol. The molecule has 1 nitrogen and oxygen atoms in total. The van der Waals surface area contributed by atoms with E-state index in [1.165, 1.54) is 0 Å². The first-order chi connectivity index (χ1) is 3.95. The van der Waals surface area contributed by atoms with Gasteiger partial charge in [0.15, 0.2) is 0 Å². The van der Waals surface area contributed by atoms with Crippen LogP contribution >= 0.6 is 0 Å². The maximum absolute atomic E-state index is 5.32. The highest BCUT2D eigenvalue weighted by Gasteiger charge is 2.07. The number of allylic oxidation sites excluding steroid dienone is 1. The zero-order valence-corrected chi connectivity index (χ0v) is 6.49. The van der Waals surface area contributed by atoms with Gasteiger partial charge in [0.2, 0.25) is 0 Å². The van der Waals surface area contributed by atoms with Crippen LogP contribution in [0.1, 0.15) is 20.8 Å². The van der Waals surface area contributed by atoms with E-state index in [0.717, 1.165) is 5.70 Å². The average Bonchev–Trinajstić information content (AvgIpc) is 1.62. The lowest BCUT2D eigenvalue weighted by Crippen LogP contribution is -2.34. The van der Waals surface area contributed by atoms with E-state index in [0.29, 0.717) is 6.32 Å². The van der Waals surface area contributed by atoms with Crippen LogP contribution in [0.2, 0.25) is 6.32 Å². The molecule has 0 aromatic rings. The summed E-state index contributed by atoms with van der Waals surface area (Å²) in [6, 6.07) is 0. The molecule has 0 aliphatic carbocycles. The molecular formula is C7H14BN. The molecule has 0 amide bonds. The third-order valence-corrected chi connectivity index (χ3v) is 0.798. The third kappa shape index (κ3) is 5.48. The standard InChI is InChI=1S/C7H14BN/c1-6(5-8)9-7(2,3)4/h9H,1,5H2,2-4H3. The topological polar surface area (TPSA) is 12.0 Å². The van der Waals surface area contributed by atoms with Crippen LogP contribution in [0.5, 0.6) is 0 Å². The van der Waals surface area contributed by atoms with Gasteiger partial charge in [-0.25, -0.2) is 0 Å². The summed E-state index contributed by atoms with van der Waals surface area (Å²) in [5, 5.41) is 3.15. The molecule has 0 saturated carbocycles. The molecule has 0 bridgehead atoms. The van der Waals surface area contributed by atoms with E-state index in [2.05, 4.69) is 32.7 Å². The Hall–Kier alpha value is -0.395. The maximum atomic E-state index is 5.32. The Morgan fingerprint density at radius 2 is 2.00 bits per heavy atom. The normalized spacial score (nSPS) is 11.0. The van der Waals surface area contributed by atoms with Crippen LogP contribution in [0.3, 0.4) is 0 Å². The summed E-state index contributed by atoms with van der Waals surface area (Å²) in [6.07, 6.45) is 0.511. The second-order valence-corrected chi connectivity index (χ2v) is 3.18. The molecule has 1 N–H and O–H groups in total. The number of hydrogen-bond donors (Lipinski definition) is 1. The van der Waals surface area contributed by atoms with Crippen molar-refractivity contribution in [1.29, 1.82) is 0 Å². The molecule has 0 saturated heterocycles. The van der Waals surface area contributed by atoms with Crippen molar-refractivity contribution >= 4 is 7.85 Å². The predicted molar refractivity (Wildman–Crippen MR) is 42.6 cm³/mol. The van der Waals surface area contributed by atoms with Gasteiger partial charge in [0.05, 0.1) is 7.85 Å². The summed E-state index contributed by atoms with van der Waals surface area (Å²) in [5.74, 6) is 0. The molecule has 0 aliphatic heterocycles. The van der Waals surface area contributed by atoms with Crippen molar-refractivity contribution in [2.24, 2.45) is 0 Å². The summed E-state index contributed by atoms with van der Waals surface area (Å²) in [6.45, 7) is 9.95. The zero-order valence-electron chi connectivity index (χ0n) is 6.49. The quantitative estimate of drug-likeness (QED) is 0.548. The van der Waals surface area contributed by atoms with E-state index in [1.54, 1.807) is 0 Å². The first-order valence-corrected chi connectivity index (χ1v) is 3.12. The molecule has 0 fully saturated rings. The second-order valence-electron chi connectivity index (χ2n) is 3.18. The van der Waals surface area contributed by atoms with Gasteiger partial charge in [0.25, 0.3) is 0 Å². The van der Waals surface area contributed by atoms with Gasteiger partial charge in [-0.05, 0) is 26.5 Å². The van der Waals surface area contributed by atoms with E-state index in [9.17, 15) is 0 Å². The minimum absolute atomic E-state index is 0.0937. The molecule has 0 aromatic heterocycles. The Kier molecular flexibility index (Phi) is 2.82. The second kappa shape index (κ2) is 2.95. The van der Waals surface area contributed by atoms with Crippen molar-refractivity contribution in [2.75, 3.05) is 0 Å². The molecule has 0 unspecified atom stereocenters. The monoisotopic (exact) mass is 123 g/mol. The molecule has 0 aliphatic rings. The molecule has 50 valence electrons. The van der Waals surface area contributed by atoms with E-state index < -0.39 is 0 Å². The van der Waals surface area contributed by atoms with Gasteiger partial charge in [-0.2, -0.15) is 0 Å². The summed E-state index contributed by atoms with van der Waals surface area (Å²) in [7, 11) is 5.32. The minimum Gasteiger partial charge on any atom is -0.385 e. The van der Waals surface area contributed by atoms with Crippen molar-refractivity contribution in [3.63, 3.8) is 0 Å². The zero-order chi connectivity index (χ0) is 7.49. The number of hydrogen-bond acceptors (Lipinski definition) is 1. The van der Waals surface area contributed by atoms with Crippen LogP contribution in [-0.2, 0) is 0 Å². The third-order valence-electron chi connectivity index (χ3n) is 0.798. The van der Waals surface area contributed by atoms with Gasteiger partial charge in [-0.15, -0.1) is 0 Å². The molecule has 0 spiro atoms. The van der Waals surface area contributed by atoms with Crippen molar-refractivity contribution in [3.8, 4) is 0 Å². The first-order valence-electron chi connectivity index (χ1n) is 3.12. The summed E-state index contributed by atoms with van der Waals surface area (Å²) >= 11 is 0. The molecule has 0 heterocycles. The highest BCUT2D eigenvalue weighted by Crippen LogP contribution is 2.03. The van der Waals surface area contributed by atoms with Gasteiger partial charge >= 0.3 is 0 Å². The fourth-order valence-electron chi connectivity index (χ4n) is 0.581. The highest BCUT2D eigenvalue weighted by atomic mass is 14.9. The number of nitrogens with one attached hydrogen (secondary N) is 1. The molecule has 0 atom stereocenters. The van der Waals surface area contributed by atoms with Crippen LogP contribution in [0.25, 0.3) is 0 Å². The summed E-state index contributed by atoms with van der Waals surface area (Å²) in [4.78, 5) is 0. The Morgan fingerprint density at radius 1 is 1.56 bits per heavy atom. The molecule has 0 aromatic carbocycles. The Morgan fingerprint density at radius 3 is 2.11 bits per heavy atom. The van der Waals surface area contributed by atoms with Gasteiger partial charge in [-0.3, -0.25) is 0 Å².